The highest BCUT2D eigenvalue weighted by atomic mass is 32.2. The number of carbonyl (C=O) groups excluding carboxylic acids is 1. The highest BCUT2D eigenvalue weighted by Crippen LogP contribution is 2.15. The second-order valence-corrected chi connectivity index (χ2v) is 7.67. The largest absolute Gasteiger partial charge is 0.350 e. The van der Waals surface area contributed by atoms with Crippen LogP contribution in [0.25, 0.3) is 11.3 Å². The number of hydrogen-bond donors (Lipinski definition) is 2. The van der Waals surface area contributed by atoms with E-state index in [1.807, 2.05) is 0 Å². The number of nitrogens with one attached hydrogen (secondary N) is 1. The molecule has 1 aromatic heterocycles. The van der Waals surface area contributed by atoms with Gasteiger partial charge in [0.2, 0.25) is 10.0 Å². The Labute approximate surface area is 165 Å². The maximum Gasteiger partial charge on any atom is 0.266 e. The summed E-state index contributed by atoms with van der Waals surface area (Å²) in [6, 6.07) is 13.8. The smallest absolute Gasteiger partial charge is 0.266 e. The molecule has 1 amide bonds. The number of primary sulfonamides is 1. The van der Waals surface area contributed by atoms with Gasteiger partial charge in [0.1, 0.15) is 5.82 Å². The van der Waals surface area contributed by atoms with Gasteiger partial charge in [-0.1, -0.05) is 0 Å². The van der Waals surface area contributed by atoms with Gasteiger partial charge in [-0.3, -0.25) is 9.59 Å². The number of carbonyl (C=O) groups is 1. The fourth-order valence-electron chi connectivity index (χ4n) is 2.56. The molecular formula is C19H17FN4O4S. The first-order valence-electron chi connectivity index (χ1n) is 8.49. The molecule has 0 aliphatic rings. The van der Waals surface area contributed by atoms with Crippen molar-refractivity contribution in [2.75, 3.05) is 6.54 Å². The summed E-state index contributed by atoms with van der Waals surface area (Å²) in [5.41, 5.74) is 1.05. The molecule has 0 radical (unpaired) electrons. The molecule has 2 aromatic carbocycles. The monoisotopic (exact) mass is 416 g/mol. The van der Waals surface area contributed by atoms with E-state index in [9.17, 15) is 22.4 Å². The number of aromatic nitrogens is 2. The number of amides is 1. The first-order chi connectivity index (χ1) is 13.7. The molecule has 0 aliphatic heterocycles. The minimum Gasteiger partial charge on any atom is -0.350 e. The average Bonchev–Trinajstić information content (AvgIpc) is 2.69. The molecule has 29 heavy (non-hydrogen) atoms. The summed E-state index contributed by atoms with van der Waals surface area (Å²) in [7, 11) is -3.83. The number of nitrogens with two attached hydrogens (primary N) is 1. The second-order valence-electron chi connectivity index (χ2n) is 6.11. The topological polar surface area (TPSA) is 124 Å². The molecule has 0 saturated carbocycles. The third-order valence-electron chi connectivity index (χ3n) is 4.06. The van der Waals surface area contributed by atoms with E-state index in [4.69, 9.17) is 5.14 Å². The van der Waals surface area contributed by atoms with Crippen molar-refractivity contribution in [3.63, 3.8) is 0 Å². The first kappa shape index (κ1) is 20.4. The Balaban J connectivity index is 1.65. The van der Waals surface area contributed by atoms with Crippen molar-refractivity contribution in [1.82, 2.24) is 15.1 Å². The third-order valence-corrected chi connectivity index (χ3v) is 4.99. The molecule has 150 valence electrons. The Morgan fingerprint density at radius 3 is 2.31 bits per heavy atom. The lowest BCUT2D eigenvalue weighted by Gasteiger charge is -2.09. The molecule has 0 saturated heterocycles. The lowest BCUT2D eigenvalue weighted by molar-refractivity contribution is 0.0951. The average molecular weight is 416 g/mol. The van der Waals surface area contributed by atoms with E-state index < -0.39 is 15.9 Å². The van der Waals surface area contributed by atoms with Gasteiger partial charge in [-0.05, 0) is 54.6 Å². The molecule has 1 heterocycles. The van der Waals surface area contributed by atoms with Crippen molar-refractivity contribution < 1.29 is 17.6 Å². The summed E-state index contributed by atoms with van der Waals surface area (Å²) >= 11 is 0. The van der Waals surface area contributed by atoms with Crippen LogP contribution in [0.2, 0.25) is 0 Å². The minimum atomic E-state index is -3.83. The maximum atomic E-state index is 13.1. The van der Waals surface area contributed by atoms with Crippen LogP contribution in [0.1, 0.15) is 10.4 Å². The number of nitrogens with zero attached hydrogens (tertiary/aromatic N) is 2. The Bertz CT molecular complexity index is 1190. The molecule has 0 bridgehead atoms. The Morgan fingerprint density at radius 1 is 1.03 bits per heavy atom. The Kier molecular flexibility index (Phi) is 5.85. The van der Waals surface area contributed by atoms with Crippen LogP contribution >= 0.6 is 0 Å². The lowest BCUT2D eigenvalue weighted by Crippen LogP contribution is -2.32. The molecule has 10 heteroatoms. The van der Waals surface area contributed by atoms with Crippen molar-refractivity contribution in [1.29, 1.82) is 0 Å². The molecule has 8 nitrogen and oxygen atoms in total. The van der Waals surface area contributed by atoms with Crippen molar-refractivity contribution in [3.05, 3.63) is 82.4 Å². The molecule has 0 spiro atoms. The SMILES string of the molecule is NS(=O)(=O)c1ccc(C(=O)NCCn2nc(-c3ccc(F)cc3)ccc2=O)cc1. The van der Waals surface area contributed by atoms with E-state index in [0.717, 1.165) is 0 Å². The summed E-state index contributed by atoms with van der Waals surface area (Å²) in [6.07, 6.45) is 0. The number of sulfonamides is 1. The fraction of sp³-hybridized carbons (Fsp3) is 0.105. The molecule has 0 unspecified atom stereocenters. The fourth-order valence-corrected chi connectivity index (χ4v) is 3.07. The predicted molar refractivity (Wildman–Crippen MR) is 104 cm³/mol. The number of hydrogen-bond acceptors (Lipinski definition) is 5. The summed E-state index contributed by atoms with van der Waals surface area (Å²) in [5, 5.41) is 11.9. The normalized spacial score (nSPS) is 11.2. The summed E-state index contributed by atoms with van der Waals surface area (Å²) < 4.78 is 36.7. The van der Waals surface area contributed by atoms with E-state index in [-0.39, 0.29) is 34.9 Å². The van der Waals surface area contributed by atoms with Gasteiger partial charge in [0.05, 0.1) is 17.1 Å². The zero-order valence-electron chi connectivity index (χ0n) is 15.1. The standard InChI is InChI=1S/C19H17FN4O4S/c20-15-5-1-13(2-6-15)17-9-10-18(25)24(23-17)12-11-22-19(26)14-3-7-16(8-4-14)29(21,27)28/h1-10H,11-12H2,(H,22,26)(H2,21,27,28). The van der Waals surface area contributed by atoms with E-state index in [1.165, 1.54) is 53.2 Å². The maximum absolute atomic E-state index is 13.1. The quantitative estimate of drug-likeness (QED) is 0.623. The highest BCUT2D eigenvalue weighted by molar-refractivity contribution is 7.89. The van der Waals surface area contributed by atoms with Gasteiger partial charge >= 0.3 is 0 Å². The molecule has 3 N–H and O–H groups in total. The Hall–Kier alpha value is -3.37. The predicted octanol–water partition coefficient (Wildman–Crippen LogP) is 1.13. The molecule has 0 fully saturated rings. The van der Waals surface area contributed by atoms with Crippen LogP contribution in [0, 0.1) is 5.82 Å². The Morgan fingerprint density at radius 2 is 1.69 bits per heavy atom. The molecule has 3 rings (SSSR count). The first-order valence-corrected chi connectivity index (χ1v) is 10.0. The van der Waals surface area contributed by atoms with Crippen LogP contribution in [0.5, 0.6) is 0 Å². The van der Waals surface area contributed by atoms with Crippen molar-refractivity contribution in [2.45, 2.75) is 11.4 Å². The summed E-state index contributed by atoms with van der Waals surface area (Å²) in [5.74, 6) is -0.810. The lowest BCUT2D eigenvalue weighted by atomic mass is 10.1. The number of benzene rings is 2. The zero-order chi connectivity index (χ0) is 21.0. The van der Waals surface area contributed by atoms with Gasteiger partial charge in [0.25, 0.3) is 11.5 Å². The van der Waals surface area contributed by atoms with Crippen LogP contribution in [-0.2, 0) is 16.6 Å². The number of halogens is 1. The van der Waals surface area contributed by atoms with Gasteiger partial charge in [-0.2, -0.15) is 5.10 Å². The zero-order valence-corrected chi connectivity index (χ0v) is 15.9. The van der Waals surface area contributed by atoms with Gasteiger partial charge in [-0.15, -0.1) is 0 Å². The van der Waals surface area contributed by atoms with Crippen LogP contribution in [0.4, 0.5) is 4.39 Å². The van der Waals surface area contributed by atoms with Crippen LogP contribution in [0.15, 0.2) is 70.4 Å². The van der Waals surface area contributed by atoms with Gasteiger partial charge < -0.3 is 5.32 Å². The van der Waals surface area contributed by atoms with Crippen molar-refractivity contribution >= 4 is 15.9 Å². The molecule has 0 atom stereocenters. The van der Waals surface area contributed by atoms with Crippen LogP contribution in [-0.4, -0.2) is 30.7 Å². The second kappa shape index (κ2) is 8.33. The summed E-state index contributed by atoms with van der Waals surface area (Å²) in [6.45, 7) is 0.240. The van der Waals surface area contributed by atoms with Gasteiger partial charge in [0, 0.05) is 23.7 Å². The van der Waals surface area contributed by atoms with Crippen LogP contribution in [0.3, 0.4) is 0 Å². The molecule has 3 aromatic rings. The van der Waals surface area contributed by atoms with Crippen molar-refractivity contribution in [2.24, 2.45) is 5.14 Å². The van der Waals surface area contributed by atoms with E-state index >= 15 is 0 Å². The minimum absolute atomic E-state index is 0.0950. The van der Waals surface area contributed by atoms with E-state index in [2.05, 4.69) is 10.4 Å². The van der Waals surface area contributed by atoms with Crippen LogP contribution < -0.4 is 16.0 Å². The van der Waals surface area contributed by atoms with Crippen molar-refractivity contribution in [3.8, 4) is 11.3 Å². The van der Waals surface area contributed by atoms with Gasteiger partial charge in [0.15, 0.2) is 0 Å². The van der Waals surface area contributed by atoms with E-state index in [0.29, 0.717) is 11.3 Å². The highest BCUT2D eigenvalue weighted by Gasteiger charge is 2.10. The number of rotatable bonds is 6. The molecule has 0 aliphatic carbocycles. The van der Waals surface area contributed by atoms with Gasteiger partial charge in [-0.25, -0.2) is 22.6 Å². The molecular weight excluding hydrogens is 399 g/mol. The third kappa shape index (κ3) is 5.12. The summed E-state index contributed by atoms with van der Waals surface area (Å²) in [4.78, 5) is 24.1. The van der Waals surface area contributed by atoms with E-state index in [1.54, 1.807) is 12.1 Å².